The maximum atomic E-state index is 13.7. The zero-order valence-corrected chi connectivity index (χ0v) is 19.1. The fraction of sp³-hybridized carbons (Fsp3) is 0.640. The molecule has 5 rings (SSSR count). The van der Waals surface area contributed by atoms with Gasteiger partial charge in [-0.2, -0.15) is 0 Å². The first kappa shape index (κ1) is 22.2. The third kappa shape index (κ3) is 2.95. The van der Waals surface area contributed by atoms with Crippen molar-refractivity contribution in [3.63, 3.8) is 0 Å². The maximum Gasteiger partial charge on any atom is 0.328 e. The molecular weight excluding hydrogens is 424 g/mol. The standard InChI is InChI=1S/C25H30N2O6/c1-23-8-5-15(28)11-14(23)3-4-16-17-6-9-25(33,24(17,2)12-18(29)21(16)23)19(30)13-27-20(31)7-10-26-22(27)32/h7,10-11,16-17,21,33H,3-6,8-9,12-13H2,1-2H3,(H,26,32)/t16-,17-,21+,23-,24-,25+/m0/s1. The molecule has 8 heteroatoms. The van der Waals surface area contributed by atoms with Gasteiger partial charge in [-0.3, -0.25) is 23.7 Å². The molecule has 33 heavy (non-hydrogen) atoms. The van der Waals surface area contributed by atoms with Crippen LogP contribution in [0, 0.1) is 28.6 Å². The molecule has 3 fully saturated rings. The number of carbonyl (C=O) groups excluding carboxylic acids is 3. The number of aromatic nitrogens is 2. The van der Waals surface area contributed by atoms with Gasteiger partial charge in [-0.15, -0.1) is 0 Å². The van der Waals surface area contributed by atoms with Crippen molar-refractivity contribution in [1.29, 1.82) is 0 Å². The number of rotatable bonds is 3. The fourth-order valence-corrected chi connectivity index (χ4v) is 7.72. The van der Waals surface area contributed by atoms with Crippen molar-refractivity contribution >= 4 is 17.3 Å². The minimum absolute atomic E-state index is 0.0177. The molecule has 0 unspecified atom stereocenters. The Labute approximate surface area is 191 Å². The Hall–Kier alpha value is -2.61. The lowest BCUT2D eigenvalue weighted by atomic mass is 9.46. The van der Waals surface area contributed by atoms with Crippen molar-refractivity contribution in [3.05, 3.63) is 44.8 Å². The molecule has 4 aliphatic rings. The van der Waals surface area contributed by atoms with E-state index in [-0.39, 0.29) is 47.6 Å². The van der Waals surface area contributed by atoms with E-state index in [2.05, 4.69) is 11.9 Å². The second-order valence-corrected chi connectivity index (χ2v) is 10.9. The predicted octanol–water partition coefficient (Wildman–Crippen LogP) is 1.55. The quantitative estimate of drug-likeness (QED) is 0.714. The Balaban J connectivity index is 1.49. The van der Waals surface area contributed by atoms with Gasteiger partial charge in [0.15, 0.2) is 11.6 Å². The number of hydrogen-bond acceptors (Lipinski definition) is 6. The number of Topliss-reactive ketones (excluding diaryl/α,β-unsaturated/α-hetero) is 2. The van der Waals surface area contributed by atoms with Crippen molar-refractivity contribution in [2.24, 2.45) is 28.6 Å². The SMILES string of the molecule is C[C@]12CCC(=O)C=C1CC[C@@H]1[C@@H]2C(=O)C[C@@]2(C)[C@H]1CC[C@@]2(O)C(=O)Cn1c(=O)cc[nH]c1=O. The van der Waals surface area contributed by atoms with Gasteiger partial charge in [0.25, 0.3) is 5.56 Å². The van der Waals surface area contributed by atoms with E-state index in [1.54, 1.807) is 6.08 Å². The van der Waals surface area contributed by atoms with Crippen molar-refractivity contribution in [2.45, 2.75) is 70.9 Å². The molecule has 0 bridgehead atoms. The van der Waals surface area contributed by atoms with Crippen LogP contribution < -0.4 is 11.2 Å². The summed E-state index contributed by atoms with van der Waals surface area (Å²) in [6, 6.07) is 1.16. The van der Waals surface area contributed by atoms with Crippen molar-refractivity contribution in [3.8, 4) is 0 Å². The van der Waals surface area contributed by atoms with Crippen LogP contribution in [-0.4, -0.2) is 37.6 Å². The van der Waals surface area contributed by atoms with Gasteiger partial charge in [0, 0.05) is 36.4 Å². The van der Waals surface area contributed by atoms with E-state index in [9.17, 15) is 29.1 Å². The summed E-state index contributed by atoms with van der Waals surface area (Å²) in [5, 5.41) is 11.7. The second-order valence-electron chi connectivity index (χ2n) is 10.9. The van der Waals surface area contributed by atoms with Crippen LogP contribution in [0.2, 0.25) is 0 Å². The highest BCUT2D eigenvalue weighted by Crippen LogP contribution is 2.66. The Morgan fingerprint density at radius 3 is 2.64 bits per heavy atom. The molecule has 1 heterocycles. The van der Waals surface area contributed by atoms with E-state index in [0.29, 0.717) is 19.3 Å². The molecule has 0 amide bonds. The van der Waals surface area contributed by atoms with Crippen molar-refractivity contribution in [1.82, 2.24) is 9.55 Å². The molecule has 0 aliphatic heterocycles. The van der Waals surface area contributed by atoms with Gasteiger partial charge in [-0.05, 0) is 55.4 Å². The van der Waals surface area contributed by atoms with Gasteiger partial charge in [0.1, 0.15) is 11.4 Å². The zero-order chi connectivity index (χ0) is 23.8. The van der Waals surface area contributed by atoms with Crippen LogP contribution in [0.1, 0.15) is 58.8 Å². The molecule has 4 aliphatic carbocycles. The van der Waals surface area contributed by atoms with Crippen LogP contribution >= 0.6 is 0 Å². The van der Waals surface area contributed by atoms with Gasteiger partial charge >= 0.3 is 5.69 Å². The Morgan fingerprint density at radius 1 is 1.15 bits per heavy atom. The molecule has 0 spiro atoms. The number of hydrogen-bond donors (Lipinski definition) is 2. The lowest BCUT2D eigenvalue weighted by molar-refractivity contribution is -0.169. The van der Waals surface area contributed by atoms with Crippen LogP contribution in [0.15, 0.2) is 33.5 Å². The van der Waals surface area contributed by atoms with E-state index < -0.39 is 34.6 Å². The monoisotopic (exact) mass is 454 g/mol. The molecule has 8 nitrogen and oxygen atoms in total. The first-order valence-electron chi connectivity index (χ1n) is 11.8. The van der Waals surface area contributed by atoms with Crippen LogP contribution in [-0.2, 0) is 20.9 Å². The largest absolute Gasteiger partial charge is 0.381 e. The highest BCUT2D eigenvalue weighted by atomic mass is 16.3. The number of nitrogens with zero attached hydrogens (tertiary/aromatic N) is 1. The number of ketones is 3. The van der Waals surface area contributed by atoms with Gasteiger partial charge in [-0.25, -0.2) is 4.79 Å². The van der Waals surface area contributed by atoms with Crippen LogP contribution in [0.25, 0.3) is 0 Å². The molecule has 0 saturated heterocycles. The molecule has 0 aromatic carbocycles. The lowest BCUT2D eigenvalue weighted by Gasteiger charge is -2.57. The van der Waals surface area contributed by atoms with E-state index in [4.69, 9.17) is 0 Å². The summed E-state index contributed by atoms with van der Waals surface area (Å²) in [6.45, 7) is 3.40. The molecule has 3 saturated carbocycles. The number of H-pyrrole nitrogens is 1. The zero-order valence-electron chi connectivity index (χ0n) is 19.1. The number of nitrogens with one attached hydrogen (secondary N) is 1. The Morgan fingerprint density at radius 2 is 1.91 bits per heavy atom. The molecule has 6 atom stereocenters. The average Bonchev–Trinajstić information content (AvgIpc) is 3.02. The van der Waals surface area contributed by atoms with Gasteiger partial charge in [0.05, 0.1) is 6.54 Å². The van der Waals surface area contributed by atoms with Crippen molar-refractivity contribution < 1.29 is 19.5 Å². The van der Waals surface area contributed by atoms with E-state index >= 15 is 0 Å². The van der Waals surface area contributed by atoms with Crippen LogP contribution in [0.4, 0.5) is 0 Å². The summed E-state index contributed by atoms with van der Waals surface area (Å²) in [4.78, 5) is 65.6. The summed E-state index contributed by atoms with van der Waals surface area (Å²) in [5.41, 5.74) is -3.31. The summed E-state index contributed by atoms with van der Waals surface area (Å²) in [7, 11) is 0. The molecule has 1 aromatic heterocycles. The van der Waals surface area contributed by atoms with Gasteiger partial charge in [0.2, 0.25) is 0 Å². The van der Waals surface area contributed by atoms with Gasteiger partial charge in [-0.1, -0.05) is 19.4 Å². The third-order valence-electron chi connectivity index (χ3n) is 9.51. The predicted molar refractivity (Wildman–Crippen MR) is 118 cm³/mol. The van der Waals surface area contributed by atoms with E-state index in [1.807, 2.05) is 6.92 Å². The van der Waals surface area contributed by atoms with Crippen molar-refractivity contribution in [2.75, 3.05) is 0 Å². The Bertz CT molecular complexity index is 1180. The molecule has 1 aromatic rings. The molecule has 0 radical (unpaired) electrons. The smallest absolute Gasteiger partial charge is 0.328 e. The molecule has 2 N–H and O–H groups in total. The first-order chi connectivity index (χ1) is 15.5. The molecule has 176 valence electrons. The van der Waals surface area contributed by atoms with Crippen LogP contribution in [0.5, 0.6) is 0 Å². The topological polar surface area (TPSA) is 126 Å². The number of carbonyl (C=O) groups is 3. The Kier molecular flexibility index (Phi) is 4.84. The average molecular weight is 455 g/mol. The van der Waals surface area contributed by atoms with E-state index in [0.717, 1.165) is 29.0 Å². The summed E-state index contributed by atoms with van der Waals surface area (Å²) < 4.78 is 0.794. The summed E-state index contributed by atoms with van der Waals surface area (Å²) in [5.74, 6) is -0.610. The highest BCUT2D eigenvalue weighted by Gasteiger charge is 2.68. The third-order valence-corrected chi connectivity index (χ3v) is 9.51. The minimum atomic E-state index is -1.78. The minimum Gasteiger partial charge on any atom is -0.381 e. The summed E-state index contributed by atoms with van der Waals surface area (Å²) >= 11 is 0. The van der Waals surface area contributed by atoms with E-state index in [1.165, 1.54) is 6.20 Å². The van der Waals surface area contributed by atoms with Gasteiger partial charge < -0.3 is 10.1 Å². The van der Waals surface area contributed by atoms with Crippen LogP contribution in [0.3, 0.4) is 0 Å². The summed E-state index contributed by atoms with van der Waals surface area (Å²) in [6.07, 6.45) is 6.49. The first-order valence-corrected chi connectivity index (χ1v) is 11.8. The highest BCUT2D eigenvalue weighted by molar-refractivity contribution is 5.94. The number of allylic oxidation sites excluding steroid dienone is 1. The fourth-order valence-electron chi connectivity index (χ4n) is 7.72. The normalized spacial score (nSPS) is 40.0. The molecular formula is C25H30N2O6. The number of aliphatic hydroxyl groups is 1. The maximum absolute atomic E-state index is 13.7. The second kappa shape index (κ2) is 7.19. The lowest BCUT2D eigenvalue weighted by Crippen LogP contribution is -2.61. The number of fused-ring (bicyclic) bond motifs is 5. The number of aromatic amines is 1.